The fourth-order valence-electron chi connectivity index (χ4n) is 2.22. The van der Waals surface area contributed by atoms with Crippen LogP contribution in [0.1, 0.15) is 24.6 Å². The summed E-state index contributed by atoms with van der Waals surface area (Å²) in [6.07, 6.45) is 4.40. The summed E-state index contributed by atoms with van der Waals surface area (Å²) >= 11 is 0. The van der Waals surface area contributed by atoms with Crippen molar-refractivity contribution in [2.24, 2.45) is 0 Å². The maximum Gasteiger partial charge on any atom is 0.315 e. The molecule has 22 heavy (non-hydrogen) atoms. The first-order valence-electron chi connectivity index (χ1n) is 7.72. The Balaban J connectivity index is 1.62. The van der Waals surface area contributed by atoms with Crippen molar-refractivity contribution >= 4 is 6.03 Å². The number of aromatic nitrogens is 1. The van der Waals surface area contributed by atoms with Gasteiger partial charge in [0.05, 0.1) is 0 Å². The van der Waals surface area contributed by atoms with E-state index in [1.807, 2.05) is 43.3 Å². The molecule has 2 rings (SSSR count). The lowest BCUT2D eigenvalue weighted by atomic mass is 10.1. The number of nitrogens with one attached hydrogen (secondary N) is 2. The molecule has 0 saturated heterocycles. The molecule has 0 radical (unpaired) electrons. The van der Waals surface area contributed by atoms with Crippen molar-refractivity contribution < 1.29 is 4.79 Å². The molecular weight excluding hydrogens is 274 g/mol. The molecule has 1 unspecified atom stereocenters. The van der Waals surface area contributed by atoms with Gasteiger partial charge in [-0.2, -0.15) is 0 Å². The minimum Gasteiger partial charge on any atom is -0.338 e. The molecule has 0 aliphatic carbocycles. The Bertz CT molecular complexity index is 557. The highest BCUT2D eigenvalue weighted by atomic mass is 16.2. The first-order chi connectivity index (χ1) is 10.7. The molecule has 1 aromatic heterocycles. The highest BCUT2D eigenvalue weighted by Crippen LogP contribution is 2.04. The van der Waals surface area contributed by atoms with Crippen LogP contribution < -0.4 is 10.6 Å². The number of hydrogen-bond donors (Lipinski definition) is 2. The number of carbonyl (C=O) groups is 1. The zero-order valence-electron chi connectivity index (χ0n) is 13.0. The molecule has 2 aromatic rings. The number of pyridine rings is 1. The molecule has 116 valence electrons. The third kappa shape index (κ3) is 5.95. The minimum absolute atomic E-state index is 0.114. The van der Waals surface area contributed by atoms with E-state index in [1.54, 1.807) is 6.20 Å². The Morgan fingerprint density at radius 1 is 1.09 bits per heavy atom. The molecule has 0 saturated carbocycles. The summed E-state index contributed by atoms with van der Waals surface area (Å²) in [5.41, 5.74) is 2.28. The first-order valence-corrected chi connectivity index (χ1v) is 7.72. The highest BCUT2D eigenvalue weighted by molar-refractivity contribution is 5.74. The zero-order chi connectivity index (χ0) is 15.6. The summed E-state index contributed by atoms with van der Waals surface area (Å²) in [4.78, 5) is 16.0. The molecule has 0 spiro atoms. The Labute approximate surface area is 132 Å². The molecule has 1 aromatic carbocycles. The van der Waals surface area contributed by atoms with Crippen molar-refractivity contribution in [1.82, 2.24) is 15.6 Å². The molecule has 0 aliphatic heterocycles. The normalized spacial score (nSPS) is 11.7. The van der Waals surface area contributed by atoms with E-state index >= 15 is 0 Å². The van der Waals surface area contributed by atoms with Crippen LogP contribution in [0.15, 0.2) is 54.7 Å². The predicted molar refractivity (Wildman–Crippen MR) is 88.7 cm³/mol. The third-order valence-electron chi connectivity index (χ3n) is 3.48. The van der Waals surface area contributed by atoms with Crippen LogP contribution in [0.3, 0.4) is 0 Å². The smallest absolute Gasteiger partial charge is 0.315 e. The molecule has 1 heterocycles. The van der Waals surface area contributed by atoms with E-state index in [-0.39, 0.29) is 12.1 Å². The van der Waals surface area contributed by atoms with Crippen LogP contribution in [0.25, 0.3) is 0 Å². The number of benzene rings is 1. The van der Waals surface area contributed by atoms with Gasteiger partial charge in [0.1, 0.15) is 0 Å². The fourth-order valence-corrected chi connectivity index (χ4v) is 2.22. The maximum absolute atomic E-state index is 11.8. The number of rotatable bonds is 7. The van der Waals surface area contributed by atoms with E-state index in [4.69, 9.17) is 0 Å². The number of carbonyl (C=O) groups excluding carboxylic acids is 1. The Morgan fingerprint density at radius 3 is 2.59 bits per heavy atom. The van der Waals surface area contributed by atoms with Gasteiger partial charge in [-0.05, 0) is 37.5 Å². The number of nitrogens with zero attached hydrogens (tertiary/aromatic N) is 1. The average molecular weight is 297 g/mol. The average Bonchev–Trinajstić information content (AvgIpc) is 2.55. The zero-order valence-corrected chi connectivity index (χ0v) is 13.0. The number of amides is 2. The lowest BCUT2D eigenvalue weighted by Gasteiger charge is -2.14. The predicted octanol–water partition coefficient (Wildman–Crippen LogP) is 2.94. The quantitative estimate of drug-likeness (QED) is 0.825. The molecule has 2 amide bonds. The van der Waals surface area contributed by atoms with Crippen LogP contribution in [-0.4, -0.2) is 23.6 Å². The van der Waals surface area contributed by atoms with E-state index in [9.17, 15) is 4.79 Å². The van der Waals surface area contributed by atoms with Gasteiger partial charge in [-0.3, -0.25) is 4.98 Å². The molecule has 4 nitrogen and oxygen atoms in total. The van der Waals surface area contributed by atoms with Crippen molar-refractivity contribution in [3.05, 3.63) is 66.0 Å². The summed E-state index contributed by atoms with van der Waals surface area (Å²) in [6.45, 7) is 2.62. The largest absolute Gasteiger partial charge is 0.338 e. The highest BCUT2D eigenvalue weighted by Gasteiger charge is 2.07. The lowest BCUT2D eigenvalue weighted by molar-refractivity contribution is 0.237. The van der Waals surface area contributed by atoms with Gasteiger partial charge in [0.2, 0.25) is 0 Å². The van der Waals surface area contributed by atoms with E-state index < -0.39 is 0 Å². The van der Waals surface area contributed by atoms with E-state index in [0.29, 0.717) is 6.54 Å². The van der Waals surface area contributed by atoms with Gasteiger partial charge < -0.3 is 10.6 Å². The van der Waals surface area contributed by atoms with E-state index in [1.165, 1.54) is 5.56 Å². The van der Waals surface area contributed by atoms with Gasteiger partial charge in [-0.1, -0.05) is 36.4 Å². The molecule has 0 bridgehead atoms. The SMILES string of the molecule is CC(CCc1ccccc1)NC(=O)NCCc1ccccn1. The molecule has 2 N–H and O–H groups in total. The van der Waals surface area contributed by atoms with Crippen LogP contribution in [0.4, 0.5) is 4.79 Å². The summed E-state index contributed by atoms with van der Waals surface area (Å²) in [5, 5.41) is 5.84. The van der Waals surface area contributed by atoms with Crippen molar-refractivity contribution in [3.8, 4) is 0 Å². The minimum atomic E-state index is -0.114. The van der Waals surface area contributed by atoms with Gasteiger partial charge in [-0.25, -0.2) is 4.79 Å². The maximum atomic E-state index is 11.8. The second-order valence-corrected chi connectivity index (χ2v) is 5.40. The van der Waals surface area contributed by atoms with Gasteiger partial charge in [-0.15, -0.1) is 0 Å². The van der Waals surface area contributed by atoms with Crippen molar-refractivity contribution in [1.29, 1.82) is 0 Å². The van der Waals surface area contributed by atoms with Crippen LogP contribution in [0.2, 0.25) is 0 Å². The summed E-state index contributed by atoms with van der Waals surface area (Å²) in [7, 11) is 0. The molecule has 0 fully saturated rings. The van der Waals surface area contributed by atoms with E-state index in [2.05, 4.69) is 27.8 Å². The Hall–Kier alpha value is -2.36. The van der Waals surface area contributed by atoms with Crippen molar-refractivity contribution in [2.75, 3.05) is 6.54 Å². The van der Waals surface area contributed by atoms with Crippen LogP contribution in [0.5, 0.6) is 0 Å². The number of aryl methyl sites for hydroxylation is 1. The van der Waals surface area contributed by atoms with Crippen LogP contribution in [-0.2, 0) is 12.8 Å². The van der Waals surface area contributed by atoms with Crippen molar-refractivity contribution in [3.63, 3.8) is 0 Å². The topological polar surface area (TPSA) is 54.0 Å². The first kappa shape index (κ1) is 16.0. The van der Waals surface area contributed by atoms with Crippen molar-refractivity contribution in [2.45, 2.75) is 32.2 Å². The summed E-state index contributed by atoms with van der Waals surface area (Å²) in [5.74, 6) is 0. The van der Waals surface area contributed by atoms with Crippen LogP contribution in [0, 0.1) is 0 Å². The number of hydrogen-bond acceptors (Lipinski definition) is 2. The number of urea groups is 1. The van der Waals surface area contributed by atoms with Gasteiger partial charge in [0.15, 0.2) is 0 Å². The second-order valence-electron chi connectivity index (χ2n) is 5.40. The van der Waals surface area contributed by atoms with Gasteiger partial charge >= 0.3 is 6.03 Å². The van der Waals surface area contributed by atoms with Gasteiger partial charge in [0.25, 0.3) is 0 Å². The monoisotopic (exact) mass is 297 g/mol. The summed E-state index contributed by atoms with van der Waals surface area (Å²) < 4.78 is 0. The molecule has 1 atom stereocenters. The molecular formula is C18H23N3O. The van der Waals surface area contributed by atoms with E-state index in [0.717, 1.165) is 25.0 Å². The van der Waals surface area contributed by atoms with Crippen LogP contribution >= 0.6 is 0 Å². The summed E-state index contributed by atoms with van der Waals surface area (Å²) in [6, 6.07) is 16.1. The van der Waals surface area contributed by atoms with Gasteiger partial charge in [0, 0.05) is 30.9 Å². The lowest BCUT2D eigenvalue weighted by Crippen LogP contribution is -2.41. The third-order valence-corrected chi connectivity index (χ3v) is 3.48. The second kappa shape index (κ2) is 8.82. The fraction of sp³-hybridized carbons (Fsp3) is 0.333. The Morgan fingerprint density at radius 2 is 1.86 bits per heavy atom. The standard InChI is InChI=1S/C18H23N3O/c1-15(10-11-16-7-3-2-4-8-16)21-18(22)20-14-12-17-9-5-6-13-19-17/h2-9,13,15H,10-12,14H2,1H3,(H2,20,21,22). The molecule has 4 heteroatoms. The Kier molecular flexibility index (Phi) is 6.42. The molecule has 0 aliphatic rings.